The molecule has 1 aromatic carbocycles. The van der Waals surface area contributed by atoms with E-state index in [9.17, 15) is 9.18 Å². The van der Waals surface area contributed by atoms with Gasteiger partial charge in [0.15, 0.2) is 0 Å². The zero-order valence-corrected chi connectivity index (χ0v) is 10.5. The number of halogens is 1. The lowest BCUT2D eigenvalue weighted by molar-refractivity contribution is 0.0917. The third-order valence-electron chi connectivity index (χ3n) is 2.25. The molecule has 0 aliphatic carbocycles. The number of amides is 1. The lowest BCUT2D eigenvalue weighted by Gasteiger charge is -2.21. The molecule has 3 heteroatoms. The third-order valence-corrected chi connectivity index (χ3v) is 2.25. The van der Waals surface area contributed by atoms with Crippen LogP contribution in [0.5, 0.6) is 0 Å². The van der Waals surface area contributed by atoms with Crippen LogP contribution in [0.1, 0.15) is 42.3 Å². The first-order valence-corrected chi connectivity index (χ1v) is 5.51. The number of alkyl halides is 1. The molecule has 1 aromatic rings. The zero-order chi connectivity index (χ0) is 13.1. The van der Waals surface area contributed by atoms with E-state index in [1.807, 2.05) is 20.8 Å². The topological polar surface area (TPSA) is 29.1 Å². The molecule has 0 saturated heterocycles. The Balaban J connectivity index is 3.10. The number of benzene rings is 1. The molecule has 17 heavy (non-hydrogen) atoms. The van der Waals surface area contributed by atoms with E-state index in [4.69, 9.17) is 0 Å². The number of rotatable bonds is 3. The Hall–Kier alpha value is -1.64. The number of carbonyl (C=O) groups is 1. The second-order valence-corrected chi connectivity index (χ2v) is 4.96. The van der Waals surface area contributed by atoms with Gasteiger partial charge in [-0.2, -0.15) is 0 Å². The highest BCUT2D eigenvalue weighted by Crippen LogP contribution is 2.15. The first-order chi connectivity index (χ1) is 7.87. The molecule has 92 valence electrons. The molecule has 0 radical (unpaired) electrons. The lowest BCUT2D eigenvalue weighted by Crippen LogP contribution is -2.40. The van der Waals surface area contributed by atoms with Crippen LogP contribution in [-0.4, -0.2) is 11.4 Å². The number of hydrogen-bond acceptors (Lipinski definition) is 1. The van der Waals surface area contributed by atoms with Gasteiger partial charge >= 0.3 is 0 Å². The zero-order valence-electron chi connectivity index (χ0n) is 10.5. The van der Waals surface area contributed by atoms with Gasteiger partial charge in [-0.1, -0.05) is 24.8 Å². The molecule has 0 spiro atoms. The minimum atomic E-state index is -0.648. The summed E-state index contributed by atoms with van der Waals surface area (Å²) < 4.78 is 12.8. The van der Waals surface area contributed by atoms with Crippen LogP contribution in [-0.2, 0) is 6.67 Å². The number of carbonyl (C=O) groups excluding carboxylic acids is 1. The smallest absolute Gasteiger partial charge is 0.252 e. The van der Waals surface area contributed by atoms with E-state index in [1.165, 1.54) is 0 Å². The van der Waals surface area contributed by atoms with Crippen LogP contribution in [0.4, 0.5) is 4.39 Å². The highest BCUT2D eigenvalue weighted by Gasteiger charge is 2.18. The fraction of sp³-hybridized carbons (Fsp3) is 0.357. The van der Waals surface area contributed by atoms with Crippen LogP contribution in [0.15, 0.2) is 24.8 Å². The highest BCUT2D eigenvalue weighted by molar-refractivity contribution is 5.96. The van der Waals surface area contributed by atoms with Crippen molar-refractivity contribution in [1.29, 1.82) is 0 Å². The Morgan fingerprint density at radius 3 is 2.59 bits per heavy atom. The minimum absolute atomic E-state index is 0.256. The summed E-state index contributed by atoms with van der Waals surface area (Å²) in [5.74, 6) is -0.256. The average molecular weight is 235 g/mol. The standard InChI is InChI=1S/C14H18FNO/c1-5-10-6-7-11(9-15)12(8-10)13(17)16-14(2,3)4/h5-8H,1,9H2,2-4H3,(H,16,17). The van der Waals surface area contributed by atoms with Crippen LogP contribution in [0.3, 0.4) is 0 Å². The molecule has 0 aliphatic heterocycles. The molecule has 1 amide bonds. The van der Waals surface area contributed by atoms with Crippen molar-refractivity contribution in [3.8, 4) is 0 Å². The number of hydrogen-bond donors (Lipinski definition) is 1. The largest absolute Gasteiger partial charge is 0.347 e. The van der Waals surface area contributed by atoms with Gasteiger partial charge in [0.05, 0.1) is 0 Å². The molecule has 0 aromatic heterocycles. The summed E-state index contributed by atoms with van der Waals surface area (Å²) in [5, 5.41) is 2.82. The first kappa shape index (κ1) is 13.4. The van der Waals surface area contributed by atoms with Crippen molar-refractivity contribution in [1.82, 2.24) is 5.32 Å². The van der Waals surface area contributed by atoms with Crippen LogP contribution < -0.4 is 5.32 Å². The fourth-order valence-electron chi connectivity index (χ4n) is 1.46. The van der Waals surface area contributed by atoms with Crippen molar-refractivity contribution in [3.63, 3.8) is 0 Å². The molecule has 0 saturated carbocycles. The Kier molecular flexibility index (Phi) is 4.05. The van der Waals surface area contributed by atoms with Gasteiger partial charge in [-0.25, -0.2) is 4.39 Å². The van der Waals surface area contributed by atoms with E-state index in [0.717, 1.165) is 5.56 Å². The summed E-state index contributed by atoms with van der Waals surface area (Å²) >= 11 is 0. The molecule has 0 heterocycles. The average Bonchev–Trinajstić information content (AvgIpc) is 2.25. The van der Waals surface area contributed by atoms with Crippen molar-refractivity contribution < 1.29 is 9.18 Å². The summed E-state index contributed by atoms with van der Waals surface area (Å²) in [5.41, 5.74) is 1.24. The number of nitrogens with one attached hydrogen (secondary N) is 1. The molecule has 1 N–H and O–H groups in total. The quantitative estimate of drug-likeness (QED) is 0.855. The summed E-state index contributed by atoms with van der Waals surface area (Å²) in [4.78, 5) is 12.0. The molecule has 2 nitrogen and oxygen atoms in total. The summed E-state index contributed by atoms with van der Waals surface area (Å²) in [6.45, 7) is 8.65. The van der Waals surface area contributed by atoms with Crippen LogP contribution >= 0.6 is 0 Å². The molecule has 0 bridgehead atoms. The van der Waals surface area contributed by atoms with E-state index in [0.29, 0.717) is 11.1 Å². The summed E-state index contributed by atoms with van der Waals surface area (Å²) in [6, 6.07) is 5.02. The molecular weight excluding hydrogens is 217 g/mol. The Labute approximate surface area is 102 Å². The van der Waals surface area contributed by atoms with Crippen molar-refractivity contribution in [2.75, 3.05) is 0 Å². The van der Waals surface area contributed by atoms with Gasteiger partial charge in [0, 0.05) is 11.1 Å². The SMILES string of the molecule is C=Cc1ccc(CF)c(C(=O)NC(C)(C)C)c1. The van der Waals surface area contributed by atoms with E-state index >= 15 is 0 Å². The van der Waals surface area contributed by atoms with E-state index < -0.39 is 6.67 Å². The monoisotopic (exact) mass is 235 g/mol. The van der Waals surface area contributed by atoms with Crippen molar-refractivity contribution >= 4 is 12.0 Å². The van der Waals surface area contributed by atoms with Gasteiger partial charge in [-0.05, 0) is 38.0 Å². The van der Waals surface area contributed by atoms with Crippen LogP contribution in [0.25, 0.3) is 6.08 Å². The third kappa shape index (κ3) is 3.70. The van der Waals surface area contributed by atoms with Crippen molar-refractivity contribution in [3.05, 3.63) is 41.5 Å². The van der Waals surface area contributed by atoms with Crippen molar-refractivity contribution in [2.45, 2.75) is 33.0 Å². The predicted octanol–water partition coefficient (Wildman–Crippen LogP) is 3.33. The van der Waals surface area contributed by atoms with Gasteiger partial charge in [-0.3, -0.25) is 4.79 Å². The summed E-state index contributed by atoms with van der Waals surface area (Å²) in [6.07, 6.45) is 1.63. The predicted molar refractivity (Wildman–Crippen MR) is 68.6 cm³/mol. The maximum Gasteiger partial charge on any atom is 0.252 e. The molecule has 0 unspecified atom stereocenters. The Morgan fingerprint density at radius 1 is 1.47 bits per heavy atom. The summed E-state index contributed by atoms with van der Waals surface area (Å²) in [7, 11) is 0. The Morgan fingerprint density at radius 2 is 2.12 bits per heavy atom. The van der Waals surface area contributed by atoms with Gasteiger partial charge in [-0.15, -0.1) is 0 Å². The maximum atomic E-state index is 12.8. The molecule has 0 atom stereocenters. The van der Waals surface area contributed by atoms with Crippen LogP contribution in [0, 0.1) is 0 Å². The minimum Gasteiger partial charge on any atom is -0.347 e. The highest BCUT2D eigenvalue weighted by atomic mass is 19.1. The van der Waals surface area contributed by atoms with E-state index in [1.54, 1.807) is 24.3 Å². The molecule has 1 rings (SSSR count). The second-order valence-electron chi connectivity index (χ2n) is 4.96. The van der Waals surface area contributed by atoms with Gasteiger partial charge in [0.1, 0.15) is 6.67 Å². The normalized spacial score (nSPS) is 11.1. The molecule has 0 aliphatic rings. The lowest BCUT2D eigenvalue weighted by atomic mass is 10.0. The van der Waals surface area contributed by atoms with Crippen LogP contribution in [0.2, 0.25) is 0 Å². The maximum absolute atomic E-state index is 12.8. The van der Waals surface area contributed by atoms with Crippen molar-refractivity contribution in [2.24, 2.45) is 0 Å². The fourth-order valence-corrected chi connectivity index (χ4v) is 1.46. The molecular formula is C14H18FNO. The first-order valence-electron chi connectivity index (χ1n) is 5.51. The molecule has 0 fully saturated rings. The van der Waals surface area contributed by atoms with Gasteiger partial charge in [0.25, 0.3) is 5.91 Å². The van der Waals surface area contributed by atoms with Gasteiger partial charge < -0.3 is 5.32 Å². The van der Waals surface area contributed by atoms with E-state index in [2.05, 4.69) is 11.9 Å². The van der Waals surface area contributed by atoms with Gasteiger partial charge in [0.2, 0.25) is 0 Å². The second kappa shape index (κ2) is 5.13. The van der Waals surface area contributed by atoms with E-state index in [-0.39, 0.29) is 11.4 Å². The Bertz CT molecular complexity index is 432.